The molecule has 0 unspecified atom stereocenters. The SMILES string of the molecule is COc1nc(F)c([N+](=O)[O-])cc1F.O=[N+]([O-])c1cc(F)c(F)nc1F. The summed E-state index contributed by atoms with van der Waals surface area (Å²) in [7, 11) is 1.08. The lowest BCUT2D eigenvalue weighted by Gasteiger charge is -1.99. The second-order valence-corrected chi connectivity index (χ2v) is 3.87. The van der Waals surface area contributed by atoms with Gasteiger partial charge in [0.2, 0.25) is 0 Å². The van der Waals surface area contributed by atoms with Gasteiger partial charge < -0.3 is 4.74 Å². The highest BCUT2D eigenvalue weighted by atomic mass is 19.2. The van der Waals surface area contributed by atoms with E-state index in [1.807, 2.05) is 0 Å². The van der Waals surface area contributed by atoms with Crippen molar-refractivity contribution in [3.8, 4) is 5.88 Å². The van der Waals surface area contributed by atoms with E-state index in [0.717, 1.165) is 7.11 Å². The van der Waals surface area contributed by atoms with Crippen LogP contribution in [0.5, 0.6) is 5.88 Å². The number of nitro groups is 2. The van der Waals surface area contributed by atoms with Crippen molar-refractivity contribution in [2.24, 2.45) is 0 Å². The summed E-state index contributed by atoms with van der Waals surface area (Å²) in [6.45, 7) is 0. The number of rotatable bonds is 3. The number of halogens is 5. The summed E-state index contributed by atoms with van der Waals surface area (Å²) < 4.78 is 66.3. The van der Waals surface area contributed by atoms with Crippen molar-refractivity contribution in [2.45, 2.75) is 0 Å². The molecule has 14 heteroatoms. The molecule has 0 aliphatic rings. The van der Waals surface area contributed by atoms with Gasteiger partial charge in [-0.15, -0.1) is 0 Å². The first kappa shape index (κ1) is 19.6. The molecule has 134 valence electrons. The molecule has 0 aromatic carbocycles. The fraction of sp³-hybridized carbons (Fsp3) is 0.0909. The Hall–Kier alpha value is -3.45. The molecule has 2 heterocycles. The van der Waals surface area contributed by atoms with Crippen molar-refractivity contribution in [3.05, 3.63) is 61.8 Å². The van der Waals surface area contributed by atoms with E-state index in [2.05, 4.69) is 14.7 Å². The molecule has 25 heavy (non-hydrogen) atoms. The Kier molecular flexibility index (Phi) is 6.19. The summed E-state index contributed by atoms with van der Waals surface area (Å²) >= 11 is 0. The van der Waals surface area contributed by atoms with Gasteiger partial charge in [0.25, 0.3) is 23.7 Å². The fourth-order valence-electron chi connectivity index (χ4n) is 1.28. The van der Waals surface area contributed by atoms with Crippen molar-refractivity contribution >= 4 is 11.4 Å². The predicted octanol–water partition coefficient (Wildman–Crippen LogP) is 2.68. The van der Waals surface area contributed by atoms with Gasteiger partial charge in [-0.2, -0.15) is 23.1 Å². The van der Waals surface area contributed by atoms with E-state index in [-0.39, 0.29) is 6.07 Å². The highest BCUT2D eigenvalue weighted by Crippen LogP contribution is 2.22. The molecule has 0 atom stereocenters. The maximum Gasteiger partial charge on any atom is 0.327 e. The molecule has 0 saturated carbocycles. The Morgan fingerprint density at radius 3 is 1.72 bits per heavy atom. The molecule has 9 nitrogen and oxygen atoms in total. The van der Waals surface area contributed by atoms with Gasteiger partial charge in [-0.1, -0.05) is 0 Å². The summed E-state index contributed by atoms with van der Waals surface area (Å²) in [5, 5.41) is 20.0. The van der Waals surface area contributed by atoms with Crippen LogP contribution in [-0.4, -0.2) is 26.9 Å². The van der Waals surface area contributed by atoms with Crippen LogP contribution in [0.25, 0.3) is 0 Å². The Labute approximate surface area is 134 Å². The van der Waals surface area contributed by atoms with Gasteiger partial charge in [0.1, 0.15) is 0 Å². The van der Waals surface area contributed by atoms with E-state index in [0.29, 0.717) is 6.07 Å². The third-order valence-corrected chi connectivity index (χ3v) is 2.33. The smallest absolute Gasteiger partial charge is 0.327 e. The minimum absolute atomic E-state index is 0.137. The summed E-state index contributed by atoms with van der Waals surface area (Å²) in [5.41, 5.74) is -2.20. The number of hydrogen-bond acceptors (Lipinski definition) is 7. The van der Waals surface area contributed by atoms with Crippen LogP contribution in [0.15, 0.2) is 12.1 Å². The second kappa shape index (κ2) is 7.89. The van der Waals surface area contributed by atoms with Crippen molar-refractivity contribution in [2.75, 3.05) is 7.11 Å². The van der Waals surface area contributed by atoms with Gasteiger partial charge >= 0.3 is 11.4 Å². The maximum absolute atomic E-state index is 12.7. The average Bonchev–Trinajstić information content (AvgIpc) is 2.52. The van der Waals surface area contributed by atoms with Gasteiger partial charge in [-0.25, -0.2) is 8.78 Å². The zero-order chi connectivity index (χ0) is 19.3. The quantitative estimate of drug-likeness (QED) is 0.353. The van der Waals surface area contributed by atoms with Crippen LogP contribution in [0.3, 0.4) is 0 Å². The Balaban J connectivity index is 0.000000251. The molecular formula is C11H5F5N4O5. The summed E-state index contributed by atoms with van der Waals surface area (Å²) in [4.78, 5) is 23.0. The summed E-state index contributed by atoms with van der Waals surface area (Å²) in [5.74, 6) is -7.94. The zero-order valence-corrected chi connectivity index (χ0v) is 11.9. The van der Waals surface area contributed by atoms with Crippen LogP contribution in [0.1, 0.15) is 0 Å². The molecule has 2 aromatic heterocycles. The highest BCUT2D eigenvalue weighted by molar-refractivity contribution is 5.32. The minimum Gasteiger partial charge on any atom is -0.479 e. The van der Waals surface area contributed by atoms with Crippen molar-refractivity contribution < 1.29 is 36.5 Å². The lowest BCUT2D eigenvalue weighted by molar-refractivity contribution is -0.388. The number of aromatic nitrogens is 2. The van der Waals surface area contributed by atoms with Gasteiger partial charge in [-0.05, 0) is 0 Å². The standard InChI is InChI=1S/C6H4F2N2O3.C5HF3N2O2/c1-13-6-3(7)2-4(10(11)12)5(8)9-6;6-2-1-3(10(11)12)5(8)9-4(2)7/h2H,1H3;1H. The topological polar surface area (TPSA) is 121 Å². The molecule has 0 aliphatic carbocycles. The second-order valence-electron chi connectivity index (χ2n) is 3.87. The van der Waals surface area contributed by atoms with E-state index >= 15 is 0 Å². The lowest BCUT2D eigenvalue weighted by Crippen LogP contribution is -2.00. The number of methoxy groups -OCH3 is 1. The molecule has 0 amide bonds. The van der Waals surface area contributed by atoms with Gasteiger partial charge in [0.15, 0.2) is 11.6 Å². The van der Waals surface area contributed by atoms with Crippen molar-refractivity contribution in [1.82, 2.24) is 9.97 Å². The van der Waals surface area contributed by atoms with E-state index in [9.17, 15) is 42.2 Å². The van der Waals surface area contributed by atoms with Crippen LogP contribution in [0, 0.1) is 49.7 Å². The van der Waals surface area contributed by atoms with Crippen molar-refractivity contribution in [3.63, 3.8) is 0 Å². The molecule has 0 saturated heterocycles. The lowest BCUT2D eigenvalue weighted by atomic mass is 10.4. The first-order chi connectivity index (χ1) is 11.6. The molecule has 0 N–H and O–H groups in total. The first-order valence-corrected chi connectivity index (χ1v) is 5.78. The maximum atomic E-state index is 12.7. The summed E-state index contributed by atoms with van der Waals surface area (Å²) in [6.07, 6.45) is 0. The van der Waals surface area contributed by atoms with E-state index in [1.54, 1.807) is 0 Å². The molecule has 0 fully saturated rings. The first-order valence-electron chi connectivity index (χ1n) is 5.78. The predicted molar refractivity (Wildman–Crippen MR) is 68.1 cm³/mol. The number of hydrogen-bond donors (Lipinski definition) is 0. The van der Waals surface area contributed by atoms with Gasteiger partial charge in [-0.3, -0.25) is 20.2 Å². The molecule has 2 rings (SSSR count). The monoisotopic (exact) mass is 368 g/mol. The largest absolute Gasteiger partial charge is 0.479 e. The number of ether oxygens (including phenoxy) is 1. The molecule has 2 aromatic rings. The van der Waals surface area contributed by atoms with E-state index < -0.39 is 56.6 Å². The third kappa shape index (κ3) is 4.76. The third-order valence-electron chi connectivity index (χ3n) is 2.33. The molecule has 0 bridgehead atoms. The average molecular weight is 368 g/mol. The number of pyridine rings is 2. The van der Waals surface area contributed by atoms with Gasteiger partial charge in [0, 0.05) is 0 Å². The minimum atomic E-state index is -1.70. The van der Waals surface area contributed by atoms with E-state index in [1.165, 1.54) is 0 Å². The van der Waals surface area contributed by atoms with Crippen LogP contribution >= 0.6 is 0 Å². The molecule has 0 aliphatic heterocycles. The molecular weight excluding hydrogens is 363 g/mol. The Morgan fingerprint density at radius 1 is 0.840 bits per heavy atom. The normalized spacial score (nSPS) is 9.84. The highest BCUT2D eigenvalue weighted by Gasteiger charge is 2.21. The fourth-order valence-corrected chi connectivity index (χ4v) is 1.28. The van der Waals surface area contributed by atoms with E-state index in [4.69, 9.17) is 0 Å². The molecule has 0 spiro atoms. The van der Waals surface area contributed by atoms with Gasteiger partial charge in [0.05, 0.1) is 29.1 Å². The number of nitrogens with zero attached hydrogens (tertiary/aromatic N) is 4. The Bertz CT molecular complexity index is 835. The summed E-state index contributed by atoms with van der Waals surface area (Å²) in [6, 6.07) is 0.554. The Morgan fingerprint density at radius 2 is 1.28 bits per heavy atom. The zero-order valence-electron chi connectivity index (χ0n) is 11.9. The van der Waals surface area contributed by atoms with Crippen LogP contribution in [0.2, 0.25) is 0 Å². The van der Waals surface area contributed by atoms with Crippen molar-refractivity contribution in [1.29, 1.82) is 0 Å². The molecule has 0 radical (unpaired) electrons. The van der Waals surface area contributed by atoms with Crippen LogP contribution in [-0.2, 0) is 0 Å². The van der Waals surface area contributed by atoms with Crippen LogP contribution in [0.4, 0.5) is 33.3 Å². The van der Waals surface area contributed by atoms with Crippen LogP contribution < -0.4 is 4.74 Å².